The standard InChI is InChI=1S/C23H24N2O3S/c1-17(19-12-14-22(15-13-19)29(24,27)28)25(2)23(26)16-18-8-10-21(11-9-18)20-6-4-3-5-7-20/h3-15,17H,16H2,1-2H3,(H2,24,27,28). The summed E-state index contributed by atoms with van der Waals surface area (Å²) in [6.07, 6.45) is 0.297. The zero-order chi connectivity index (χ0) is 21.0. The Morgan fingerprint density at radius 1 is 0.897 bits per heavy atom. The minimum absolute atomic E-state index is 0.0134. The smallest absolute Gasteiger partial charge is 0.238 e. The second-order valence-electron chi connectivity index (χ2n) is 7.03. The van der Waals surface area contributed by atoms with Crippen LogP contribution in [0.2, 0.25) is 0 Å². The van der Waals surface area contributed by atoms with Gasteiger partial charge in [-0.3, -0.25) is 4.79 Å². The average Bonchev–Trinajstić information content (AvgIpc) is 2.73. The Morgan fingerprint density at radius 2 is 1.45 bits per heavy atom. The van der Waals surface area contributed by atoms with Crippen molar-refractivity contribution in [3.63, 3.8) is 0 Å². The molecule has 5 nitrogen and oxygen atoms in total. The Labute approximate surface area is 171 Å². The normalized spacial score (nSPS) is 12.4. The van der Waals surface area contributed by atoms with E-state index in [9.17, 15) is 13.2 Å². The highest BCUT2D eigenvalue weighted by atomic mass is 32.2. The molecule has 150 valence electrons. The molecule has 1 amide bonds. The topological polar surface area (TPSA) is 80.5 Å². The first kappa shape index (κ1) is 20.8. The molecule has 1 unspecified atom stereocenters. The van der Waals surface area contributed by atoms with Gasteiger partial charge in [-0.05, 0) is 41.3 Å². The van der Waals surface area contributed by atoms with E-state index in [4.69, 9.17) is 5.14 Å². The summed E-state index contributed by atoms with van der Waals surface area (Å²) in [5.74, 6) is -0.0134. The van der Waals surface area contributed by atoms with Crippen LogP contribution in [0.5, 0.6) is 0 Å². The molecule has 0 saturated carbocycles. The molecule has 0 spiro atoms. The SMILES string of the molecule is CC(c1ccc(S(N)(=O)=O)cc1)N(C)C(=O)Cc1ccc(-c2ccccc2)cc1. The Bertz CT molecular complexity index is 1080. The molecule has 3 rings (SSSR count). The molecule has 6 heteroatoms. The van der Waals surface area contributed by atoms with Gasteiger partial charge in [-0.15, -0.1) is 0 Å². The Kier molecular flexibility index (Phi) is 6.15. The van der Waals surface area contributed by atoms with Crippen molar-refractivity contribution in [2.75, 3.05) is 7.05 Å². The lowest BCUT2D eigenvalue weighted by atomic mass is 10.0. The van der Waals surface area contributed by atoms with Crippen LogP contribution in [0.4, 0.5) is 0 Å². The second kappa shape index (κ2) is 8.59. The van der Waals surface area contributed by atoms with Crippen LogP contribution >= 0.6 is 0 Å². The highest BCUT2D eigenvalue weighted by Crippen LogP contribution is 2.23. The van der Waals surface area contributed by atoms with Crippen molar-refractivity contribution in [1.82, 2.24) is 4.90 Å². The summed E-state index contributed by atoms with van der Waals surface area (Å²) in [4.78, 5) is 14.4. The van der Waals surface area contributed by atoms with Crippen LogP contribution in [0.25, 0.3) is 11.1 Å². The predicted octanol–water partition coefficient (Wildman–Crippen LogP) is 3.76. The third-order valence-corrected chi connectivity index (χ3v) is 6.01. The van der Waals surface area contributed by atoms with Gasteiger partial charge in [0.1, 0.15) is 0 Å². The third-order valence-electron chi connectivity index (χ3n) is 5.08. The number of hydrogen-bond acceptors (Lipinski definition) is 3. The van der Waals surface area contributed by atoms with Gasteiger partial charge in [0.15, 0.2) is 0 Å². The maximum absolute atomic E-state index is 12.7. The molecule has 0 aliphatic rings. The zero-order valence-electron chi connectivity index (χ0n) is 16.4. The molecule has 0 radical (unpaired) electrons. The van der Waals surface area contributed by atoms with E-state index < -0.39 is 10.0 Å². The third kappa shape index (κ3) is 5.10. The van der Waals surface area contributed by atoms with Crippen molar-refractivity contribution in [3.05, 3.63) is 90.0 Å². The Hall–Kier alpha value is -2.96. The minimum atomic E-state index is -3.73. The number of rotatable bonds is 6. The summed E-state index contributed by atoms with van der Waals surface area (Å²) >= 11 is 0. The zero-order valence-corrected chi connectivity index (χ0v) is 17.3. The molecule has 3 aromatic rings. The van der Waals surface area contributed by atoms with Crippen LogP contribution in [0.15, 0.2) is 83.8 Å². The largest absolute Gasteiger partial charge is 0.339 e. The lowest BCUT2D eigenvalue weighted by Crippen LogP contribution is -2.31. The number of hydrogen-bond donors (Lipinski definition) is 1. The minimum Gasteiger partial charge on any atom is -0.339 e. The predicted molar refractivity (Wildman–Crippen MR) is 115 cm³/mol. The Morgan fingerprint density at radius 3 is 2.00 bits per heavy atom. The van der Waals surface area contributed by atoms with Crippen molar-refractivity contribution in [2.24, 2.45) is 5.14 Å². The van der Waals surface area contributed by atoms with E-state index >= 15 is 0 Å². The van der Waals surface area contributed by atoms with E-state index in [0.29, 0.717) is 6.42 Å². The maximum atomic E-state index is 12.7. The van der Waals surface area contributed by atoms with E-state index in [0.717, 1.165) is 22.3 Å². The van der Waals surface area contributed by atoms with Crippen LogP contribution < -0.4 is 5.14 Å². The van der Waals surface area contributed by atoms with E-state index in [1.54, 1.807) is 24.1 Å². The van der Waals surface area contributed by atoms with Crippen LogP contribution in [0.3, 0.4) is 0 Å². The maximum Gasteiger partial charge on any atom is 0.238 e. The number of sulfonamides is 1. The molecule has 1 atom stereocenters. The molecule has 0 fully saturated rings. The number of nitrogens with zero attached hydrogens (tertiary/aromatic N) is 1. The van der Waals surface area contributed by atoms with Gasteiger partial charge >= 0.3 is 0 Å². The molecule has 2 N–H and O–H groups in total. The number of likely N-dealkylation sites (N-methyl/N-ethyl adjacent to an activating group) is 1. The summed E-state index contributed by atoms with van der Waals surface area (Å²) in [6.45, 7) is 1.91. The fourth-order valence-corrected chi connectivity index (χ4v) is 3.64. The van der Waals surface area contributed by atoms with Crippen molar-refractivity contribution in [3.8, 4) is 11.1 Å². The fourth-order valence-electron chi connectivity index (χ4n) is 3.12. The van der Waals surface area contributed by atoms with Crippen LogP contribution in [0, 0.1) is 0 Å². The van der Waals surface area contributed by atoms with Crippen molar-refractivity contribution in [2.45, 2.75) is 24.3 Å². The van der Waals surface area contributed by atoms with Gasteiger partial charge in [0, 0.05) is 7.05 Å². The lowest BCUT2D eigenvalue weighted by molar-refractivity contribution is -0.131. The fraction of sp³-hybridized carbons (Fsp3) is 0.174. The van der Waals surface area contributed by atoms with Crippen molar-refractivity contribution in [1.29, 1.82) is 0 Å². The molecule has 0 aromatic heterocycles. The molecular weight excluding hydrogens is 384 g/mol. The first-order valence-corrected chi connectivity index (χ1v) is 10.8. The molecule has 0 aliphatic carbocycles. The summed E-state index contributed by atoms with van der Waals surface area (Å²) < 4.78 is 22.8. The highest BCUT2D eigenvalue weighted by molar-refractivity contribution is 7.89. The van der Waals surface area contributed by atoms with Crippen LogP contribution in [-0.4, -0.2) is 26.3 Å². The molecular formula is C23H24N2O3S. The number of primary sulfonamides is 1. The van der Waals surface area contributed by atoms with Gasteiger partial charge in [0.05, 0.1) is 17.4 Å². The van der Waals surface area contributed by atoms with Gasteiger partial charge < -0.3 is 4.90 Å². The van der Waals surface area contributed by atoms with E-state index in [1.165, 1.54) is 12.1 Å². The number of amides is 1. The summed E-state index contributed by atoms with van der Waals surface area (Å²) in [6, 6.07) is 24.2. The molecule has 29 heavy (non-hydrogen) atoms. The van der Waals surface area contributed by atoms with Gasteiger partial charge in [-0.1, -0.05) is 66.7 Å². The molecule has 0 aliphatic heterocycles. The number of carbonyl (C=O) groups excluding carboxylic acids is 1. The number of nitrogens with two attached hydrogens (primary N) is 1. The molecule has 3 aromatic carbocycles. The Balaban J connectivity index is 1.67. The molecule has 0 heterocycles. The molecule has 0 saturated heterocycles. The summed E-state index contributed by atoms with van der Waals surface area (Å²) in [5, 5.41) is 5.13. The average molecular weight is 409 g/mol. The quantitative estimate of drug-likeness (QED) is 0.674. The highest BCUT2D eigenvalue weighted by Gasteiger charge is 2.18. The monoisotopic (exact) mass is 408 g/mol. The summed E-state index contributed by atoms with van der Waals surface area (Å²) in [7, 11) is -1.98. The van der Waals surface area contributed by atoms with E-state index in [1.807, 2.05) is 49.4 Å². The van der Waals surface area contributed by atoms with E-state index in [2.05, 4.69) is 12.1 Å². The lowest BCUT2D eigenvalue weighted by Gasteiger charge is -2.25. The van der Waals surface area contributed by atoms with Gasteiger partial charge in [-0.25, -0.2) is 13.6 Å². The number of carbonyl (C=O) groups is 1. The van der Waals surface area contributed by atoms with Gasteiger partial charge in [-0.2, -0.15) is 0 Å². The first-order chi connectivity index (χ1) is 13.8. The van der Waals surface area contributed by atoms with Crippen molar-refractivity contribution < 1.29 is 13.2 Å². The first-order valence-electron chi connectivity index (χ1n) is 9.28. The molecule has 0 bridgehead atoms. The van der Waals surface area contributed by atoms with E-state index in [-0.39, 0.29) is 16.8 Å². The van der Waals surface area contributed by atoms with Crippen molar-refractivity contribution >= 4 is 15.9 Å². The van der Waals surface area contributed by atoms with Gasteiger partial charge in [0.2, 0.25) is 15.9 Å². The van der Waals surface area contributed by atoms with Gasteiger partial charge in [0.25, 0.3) is 0 Å². The second-order valence-corrected chi connectivity index (χ2v) is 8.60. The number of benzene rings is 3. The summed E-state index contributed by atoms with van der Waals surface area (Å²) in [5.41, 5.74) is 4.03. The van der Waals surface area contributed by atoms with Crippen LogP contribution in [0.1, 0.15) is 24.1 Å². The van der Waals surface area contributed by atoms with Crippen LogP contribution in [-0.2, 0) is 21.2 Å².